The maximum absolute atomic E-state index is 13.1. The van der Waals surface area contributed by atoms with Gasteiger partial charge in [-0.1, -0.05) is 48.5 Å². The summed E-state index contributed by atoms with van der Waals surface area (Å²) >= 11 is 0. The van der Waals surface area contributed by atoms with Gasteiger partial charge in [-0.2, -0.15) is 0 Å². The van der Waals surface area contributed by atoms with Gasteiger partial charge in [0.15, 0.2) is 0 Å². The van der Waals surface area contributed by atoms with E-state index in [0.717, 1.165) is 44.3 Å². The molecule has 0 N–H and O–H groups in total. The molecule has 0 bridgehead atoms. The normalized spacial score (nSPS) is 11.3. The second-order valence-electron chi connectivity index (χ2n) is 6.22. The lowest BCUT2D eigenvalue weighted by atomic mass is 10.0. The van der Waals surface area contributed by atoms with E-state index in [2.05, 4.69) is 17.1 Å². The van der Waals surface area contributed by atoms with Gasteiger partial charge in [-0.15, -0.1) is 0 Å². The minimum absolute atomic E-state index is 0.241. The van der Waals surface area contributed by atoms with E-state index < -0.39 is 0 Å². The second-order valence-corrected chi connectivity index (χ2v) is 6.22. The van der Waals surface area contributed by atoms with E-state index >= 15 is 0 Å². The molecule has 2 aromatic heterocycles. The van der Waals surface area contributed by atoms with Crippen LogP contribution in [0.25, 0.3) is 44.3 Å². The molecule has 0 atom stereocenters. The summed E-state index contributed by atoms with van der Waals surface area (Å²) < 4.78 is 19.2. The fourth-order valence-corrected chi connectivity index (χ4v) is 3.32. The highest BCUT2D eigenvalue weighted by Gasteiger charge is 2.12. The molecule has 0 radical (unpaired) electrons. The van der Waals surface area contributed by atoms with Gasteiger partial charge >= 0.3 is 0 Å². The van der Waals surface area contributed by atoms with Gasteiger partial charge in [0, 0.05) is 28.1 Å². The molecule has 0 saturated heterocycles. The number of hydrogen-bond acceptors (Lipinski definition) is 2. The standard InChI is InChI=1S/C23H14FNO/c24-17-11-8-15(9-12-17)16-10-13-21(25-14-16)20-6-3-5-19-18-4-1-2-7-22(18)26-23(19)20/h1-14H. The van der Waals surface area contributed by atoms with E-state index in [-0.39, 0.29) is 5.82 Å². The number of aromatic nitrogens is 1. The predicted molar refractivity (Wildman–Crippen MR) is 102 cm³/mol. The topological polar surface area (TPSA) is 26.0 Å². The molecule has 124 valence electrons. The SMILES string of the molecule is Fc1ccc(-c2ccc(-c3cccc4c3oc3ccccc34)nc2)cc1. The zero-order valence-electron chi connectivity index (χ0n) is 13.8. The van der Waals surface area contributed by atoms with Crippen LogP contribution in [0.2, 0.25) is 0 Å². The van der Waals surface area contributed by atoms with Crippen LogP contribution in [0.4, 0.5) is 4.39 Å². The van der Waals surface area contributed by atoms with Crippen LogP contribution in [0.5, 0.6) is 0 Å². The minimum atomic E-state index is -0.241. The quantitative estimate of drug-likeness (QED) is 0.369. The molecule has 0 aliphatic heterocycles. The Morgan fingerprint density at radius 2 is 1.46 bits per heavy atom. The summed E-state index contributed by atoms with van der Waals surface area (Å²) in [5.74, 6) is -0.241. The van der Waals surface area contributed by atoms with Gasteiger partial charge in [-0.05, 0) is 35.9 Å². The molecule has 0 spiro atoms. The summed E-state index contributed by atoms with van der Waals surface area (Å²) in [6.45, 7) is 0. The highest BCUT2D eigenvalue weighted by Crippen LogP contribution is 2.35. The Bertz CT molecular complexity index is 1220. The lowest BCUT2D eigenvalue weighted by Crippen LogP contribution is -1.86. The van der Waals surface area contributed by atoms with E-state index in [1.807, 2.05) is 48.7 Å². The van der Waals surface area contributed by atoms with Crippen LogP contribution in [0.3, 0.4) is 0 Å². The molecule has 2 heterocycles. The molecule has 5 aromatic rings. The molecule has 3 aromatic carbocycles. The Morgan fingerprint density at radius 3 is 2.27 bits per heavy atom. The Morgan fingerprint density at radius 1 is 0.692 bits per heavy atom. The largest absolute Gasteiger partial charge is 0.455 e. The molecule has 0 aliphatic rings. The van der Waals surface area contributed by atoms with Gasteiger partial charge in [0.05, 0.1) is 5.69 Å². The van der Waals surface area contributed by atoms with Crippen LogP contribution >= 0.6 is 0 Å². The predicted octanol–water partition coefficient (Wildman–Crippen LogP) is 6.45. The fourth-order valence-electron chi connectivity index (χ4n) is 3.32. The fraction of sp³-hybridized carbons (Fsp3) is 0. The maximum atomic E-state index is 13.1. The zero-order chi connectivity index (χ0) is 17.5. The average Bonchev–Trinajstić information content (AvgIpc) is 3.08. The lowest BCUT2D eigenvalue weighted by molar-refractivity contribution is 0.628. The molecular formula is C23H14FNO. The number of hydrogen-bond donors (Lipinski definition) is 0. The van der Waals surface area contributed by atoms with Crippen LogP contribution in [-0.2, 0) is 0 Å². The van der Waals surface area contributed by atoms with Crippen LogP contribution in [-0.4, -0.2) is 4.98 Å². The summed E-state index contributed by atoms with van der Waals surface area (Å²) in [6, 6.07) is 24.5. The Kier molecular flexibility index (Phi) is 3.32. The first kappa shape index (κ1) is 14.8. The second kappa shape index (κ2) is 5.81. The number of rotatable bonds is 2. The number of halogens is 1. The summed E-state index contributed by atoms with van der Waals surface area (Å²) in [4.78, 5) is 4.61. The van der Waals surface area contributed by atoms with Crippen molar-refractivity contribution in [3.05, 3.63) is 90.9 Å². The monoisotopic (exact) mass is 339 g/mol. The molecule has 5 rings (SSSR count). The van der Waals surface area contributed by atoms with Gasteiger partial charge in [0.2, 0.25) is 0 Å². The average molecular weight is 339 g/mol. The van der Waals surface area contributed by atoms with Gasteiger partial charge in [0.1, 0.15) is 17.0 Å². The molecule has 0 fully saturated rings. The van der Waals surface area contributed by atoms with Crippen molar-refractivity contribution in [1.82, 2.24) is 4.98 Å². The van der Waals surface area contributed by atoms with Gasteiger partial charge in [0.25, 0.3) is 0 Å². The molecular weight excluding hydrogens is 325 g/mol. The third-order valence-corrected chi connectivity index (χ3v) is 4.62. The molecule has 0 amide bonds. The Labute approximate surface area is 149 Å². The third kappa shape index (κ3) is 2.37. The van der Waals surface area contributed by atoms with E-state index in [4.69, 9.17) is 4.42 Å². The first-order valence-corrected chi connectivity index (χ1v) is 8.42. The summed E-state index contributed by atoms with van der Waals surface area (Å²) in [5.41, 5.74) is 5.41. The summed E-state index contributed by atoms with van der Waals surface area (Å²) in [6.07, 6.45) is 1.81. The first-order valence-electron chi connectivity index (χ1n) is 8.42. The van der Waals surface area contributed by atoms with Crippen molar-refractivity contribution >= 4 is 21.9 Å². The molecule has 2 nitrogen and oxygen atoms in total. The van der Waals surface area contributed by atoms with Crippen molar-refractivity contribution in [2.75, 3.05) is 0 Å². The molecule has 0 aliphatic carbocycles. The lowest BCUT2D eigenvalue weighted by Gasteiger charge is -2.05. The van der Waals surface area contributed by atoms with E-state index in [9.17, 15) is 4.39 Å². The van der Waals surface area contributed by atoms with Crippen molar-refractivity contribution in [1.29, 1.82) is 0 Å². The number of pyridine rings is 1. The van der Waals surface area contributed by atoms with Crippen molar-refractivity contribution in [2.24, 2.45) is 0 Å². The van der Waals surface area contributed by atoms with Crippen molar-refractivity contribution in [3.8, 4) is 22.4 Å². The highest BCUT2D eigenvalue weighted by molar-refractivity contribution is 6.09. The minimum Gasteiger partial charge on any atom is -0.455 e. The van der Waals surface area contributed by atoms with Crippen molar-refractivity contribution < 1.29 is 8.81 Å². The number of para-hydroxylation sites is 2. The van der Waals surface area contributed by atoms with E-state index in [0.29, 0.717) is 0 Å². The maximum Gasteiger partial charge on any atom is 0.144 e. The number of benzene rings is 3. The van der Waals surface area contributed by atoms with Gasteiger partial charge < -0.3 is 4.42 Å². The van der Waals surface area contributed by atoms with Crippen LogP contribution in [0, 0.1) is 5.82 Å². The summed E-state index contributed by atoms with van der Waals surface area (Å²) in [7, 11) is 0. The van der Waals surface area contributed by atoms with Crippen LogP contribution < -0.4 is 0 Å². The van der Waals surface area contributed by atoms with Gasteiger partial charge in [-0.3, -0.25) is 4.98 Å². The van der Waals surface area contributed by atoms with Crippen molar-refractivity contribution in [3.63, 3.8) is 0 Å². The van der Waals surface area contributed by atoms with Crippen LogP contribution in [0.1, 0.15) is 0 Å². The number of nitrogens with zero attached hydrogens (tertiary/aromatic N) is 1. The molecule has 3 heteroatoms. The number of furan rings is 1. The van der Waals surface area contributed by atoms with E-state index in [1.165, 1.54) is 12.1 Å². The third-order valence-electron chi connectivity index (χ3n) is 4.62. The first-order chi connectivity index (χ1) is 12.8. The zero-order valence-corrected chi connectivity index (χ0v) is 13.8. The molecule has 0 unspecified atom stereocenters. The molecule has 0 saturated carbocycles. The Balaban J connectivity index is 1.62. The summed E-state index contributed by atoms with van der Waals surface area (Å²) in [5, 5.41) is 2.19. The molecule has 26 heavy (non-hydrogen) atoms. The van der Waals surface area contributed by atoms with E-state index in [1.54, 1.807) is 12.1 Å². The van der Waals surface area contributed by atoms with Crippen molar-refractivity contribution in [2.45, 2.75) is 0 Å². The smallest absolute Gasteiger partial charge is 0.144 e. The highest BCUT2D eigenvalue weighted by atomic mass is 19.1. The van der Waals surface area contributed by atoms with Gasteiger partial charge in [-0.25, -0.2) is 4.39 Å². The number of fused-ring (bicyclic) bond motifs is 3. The van der Waals surface area contributed by atoms with Crippen LogP contribution in [0.15, 0.2) is 89.5 Å². The Hall–Kier alpha value is -3.46.